The van der Waals surface area contributed by atoms with Gasteiger partial charge in [-0.1, -0.05) is 65.8 Å². The van der Waals surface area contributed by atoms with Crippen LogP contribution in [0.3, 0.4) is 0 Å². The molecule has 2 unspecified atom stereocenters. The Hall–Kier alpha value is -1.45. The number of nitrogens with zero attached hydrogens (tertiary/aromatic N) is 2. The summed E-state index contributed by atoms with van der Waals surface area (Å²) >= 11 is 7.90. The molecule has 1 saturated heterocycles. The molecular formula is C17H15ClN2S. The number of thioether (sulfide) groups is 1. The number of benzene rings is 2. The fraction of sp³-hybridized carbons (Fsp3) is 0.235. The molecule has 1 fully saturated rings. The van der Waals surface area contributed by atoms with Crippen LogP contribution in [-0.4, -0.2) is 22.4 Å². The van der Waals surface area contributed by atoms with E-state index in [1.807, 2.05) is 23.9 Å². The number of hydrogen-bond acceptors (Lipinski definition) is 3. The van der Waals surface area contributed by atoms with Crippen LogP contribution >= 0.6 is 23.4 Å². The topological polar surface area (TPSA) is 15.6 Å². The summed E-state index contributed by atoms with van der Waals surface area (Å²) in [5, 5.41) is 1.97. The number of hydrogen-bond donors (Lipinski definition) is 0. The molecule has 0 aliphatic carbocycles. The molecule has 2 aliphatic heterocycles. The van der Waals surface area contributed by atoms with Gasteiger partial charge in [0.1, 0.15) is 6.04 Å². The molecule has 0 spiro atoms. The first kappa shape index (κ1) is 13.2. The van der Waals surface area contributed by atoms with Gasteiger partial charge in [0.2, 0.25) is 0 Å². The lowest BCUT2D eigenvalue weighted by Crippen LogP contribution is -2.27. The Morgan fingerprint density at radius 3 is 2.52 bits per heavy atom. The standard InChI is InChI=1S/C17H15ClN2S/c18-14-8-6-13(7-9-14)16-15(12-4-2-1-3-5-12)19-17-20(16)10-11-21-17/h1-9,15-16H,10-11H2. The van der Waals surface area contributed by atoms with Crippen LogP contribution in [0.2, 0.25) is 5.02 Å². The van der Waals surface area contributed by atoms with Crippen molar-refractivity contribution >= 4 is 28.5 Å². The summed E-state index contributed by atoms with van der Waals surface area (Å²) in [7, 11) is 0. The zero-order chi connectivity index (χ0) is 14.2. The van der Waals surface area contributed by atoms with Crippen molar-refractivity contribution in [3.8, 4) is 0 Å². The van der Waals surface area contributed by atoms with Gasteiger partial charge in [-0.05, 0) is 23.3 Å². The van der Waals surface area contributed by atoms with Crippen molar-refractivity contribution in [1.29, 1.82) is 0 Å². The van der Waals surface area contributed by atoms with E-state index < -0.39 is 0 Å². The zero-order valence-corrected chi connectivity index (χ0v) is 13.0. The van der Waals surface area contributed by atoms with E-state index in [9.17, 15) is 0 Å². The average Bonchev–Trinajstić information content (AvgIpc) is 3.10. The maximum Gasteiger partial charge on any atom is 0.160 e. The van der Waals surface area contributed by atoms with Crippen LogP contribution in [0.1, 0.15) is 23.2 Å². The quantitative estimate of drug-likeness (QED) is 0.808. The SMILES string of the molecule is Clc1ccc(C2C(c3ccccc3)N=C3SCCN32)cc1. The summed E-state index contributed by atoms with van der Waals surface area (Å²) in [4.78, 5) is 7.41. The third-order valence-corrected chi connectivity index (χ3v) is 5.28. The molecular weight excluding hydrogens is 300 g/mol. The molecule has 2 heterocycles. The fourth-order valence-corrected chi connectivity index (χ4v) is 4.23. The largest absolute Gasteiger partial charge is 0.341 e. The highest BCUT2D eigenvalue weighted by atomic mass is 35.5. The average molecular weight is 315 g/mol. The number of rotatable bonds is 2. The third-order valence-electron chi connectivity index (χ3n) is 4.05. The van der Waals surface area contributed by atoms with Crippen molar-refractivity contribution in [2.75, 3.05) is 12.3 Å². The summed E-state index contributed by atoms with van der Waals surface area (Å²) < 4.78 is 0. The van der Waals surface area contributed by atoms with E-state index in [1.54, 1.807) is 0 Å². The predicted molar refractivity (Wildman–Crippen MR) is 90.0 cm³/mol. The van der Waals surface area contributed by atoms with E-state index in [-0.39, 0.29) is 12.1 Å². The first-order valence-corrected chi connectivity index (χ1v) is 8.47. The molecule has 4 rings (SSSR count). The highest BCUT2D eigenvalue weighted by Crippen LogP contribution is 2.46. The minimum absolute atomic E-state index is 0.176. The molecule has 0 bridgehead atoms. The minimum Gasteiger partial charge on any atom is -0.341 e. The zero-order valence-electron chi connectivity index (χ0n) is 11.4. The van der Waals surface area contributed by atoms with Gasteiger partial charge in [0.25, 0.3) is 0 Å². The maximum atomic E-state index is 6.04. The number of aliphatic imine (C=N–C) groups is 1. The normalized spacial score (nSPS) is 24.0. The highest BCUT2D eigenvalue weighted by molar-refractivity contribution is 8.14. The molecule has 2 nitrogen and oxygen atoms in total. The van der Waals surface area contributed by atoms with Gasteiger partial charge in [-0.2, -0.15) is 0 Å². The van der Waals surface area contributed by atoms with Crippen LogP contribution in [0.15, 0.2) is 59.6 Å². The Balaban J connectivity index is 1.77. The molecule has 2 aromatic carbocycles. The summed E-state index contributed by atoms with van der Waals surface area (Å²) in [6, 6.07) is 19.2. The summed E-state index contributed by atoms with van der Waals surface area (Å²) in [5.74, 6) is 1.13. The predicted octanol–water partition coefficient (Wildman–Crippen LogP) is 4.54. The highest BCUT2D eigenvalue weighted by Gasteiger charge is 2.40. The molecule has 0 amide bonds. The van der Waals surface area contributed by atoms with Crippen molar-refractivity contribution in [3.05, 3.63) is 70.7 Å². The van der Waals surface area contributed by atoms with Gasteiger partial charge < -0.3 is 4.90 Å². The van der Waals surface area contributed by atoms with Gasteiger partial charge in [0, 0.05) is 17.3 Å². The van der Waals surface area contributed by atoms with Crippen molar-refractivity contribution in [3.63, 3.8) is 0 Å². The van der Waals surface area contributed by atoms with Crippen LogP contribution in [0.5, 0.6) is 0 Å². The van der Waals surface area contributed by atoms with E-state index in [0.717, 1.165) is 17.3 Å². The van der Waals surface area contributed by atoms with E-state index in [0.29, 0.717) is 0 Å². The lowest BCUT2D eigenvalue weighted by Gasteiger charge is -2.27. The van der Waals surface area contributed by atoms with Crippen molar-refractivity contribution in [2.45, 2.75) is 12.1 Å². The molecule has 2 aliphatic rings. The molecule has 2 atom stereocenters. The number of fused-ring (bicyclic) bond motifs is 1. The minimum atomic E-state index is 0.176. The van der Waals surface area contributed by atoms with Gasteiger partial charge >= 0.3 is 0 Å². The Morgan fingerprint density at radius 1 is 1.00 bits per heavy atom. The molecule has 0 N–H and O–H groups in total. The van der Waals surface area contributed by atoms with Gasteiger partial charge in [-0.3, -0.25) is 4.99 Å². The van der Waals surface area contributed by atoms with Crippen molar-refractivity contribution in [2.24, 2.45) is 4.99 Å². The van der Waals surface area contributed by atoms with E-state index in [1.165, 1.54) is 16.3 Å². The van der Waals surface area contributed by atoms with E-state index in [4.69, 9.17) is 16.6 Å². The molecule has 21 heavy (non-hydrogen) atoms. The molecule has 0 aromatic heterocycles. The number of amidine groups is 1. The van der Waals surface area contributed by atoms with Gasteiger partial charge in [0.15, 0.2) is 5.17 Å². The first-order chi connectivity index (χ1) is 10.3. The molecule has 106 valence electrons. The molecule has 4 heteroatoms. The molecule has 0 saturated carbocycles. The lowest BCUT2D eigenvalue weighted by atomic mass is 9.94. The molecule has 0 radical (unpaired) electrons. The Bertz CT molecular complexity index is 669. The smallest absolute Gasteiger partial charge is 0.160 e. The second kappa shape index (κ2) is 5.39. The summed E-state index contributed by atoms with van der Waals surface area (Å²) in [6.07, 6.45) is 0. The van der Waals surface area contributed by atoms with E-state index in [2.05, 4.69) is 47.4 Å². The van der Waals surface area contributed by atoms with Crippen LogP contribution in [0.25, 0.3) is 0 Å². The fourth-order valence-electron chi connectivity index (χ4n) is 3.07. The molecule has 2 aromatic rings. The van der Waals surface area contributed by atoms with Crippen LogP contribution in [0, 0.1) is 0 Å². The third kappa shape index (κ3) is 2.34. The lowest BCUT2D eigenvalue weighted by molar-refractivity contribution is 0.335. The van der Waals surface area contributed by atoms with Crippen molar-refractivity contribution < 1.29 is 0 Å². The van der Waals surface area contributed by atoms with Crippen LogP contribution in [-0.2, 0) is 0 Å². The summed E-state index contributed by atoms with van der Waals surface area (Å²) in [5.41, 5.74) is 2.56. The van der Waals surface area contributed by atoms with Crippen LogP contribution < -0.4 is 0 Å². The summed E-state index contributed by atoms with van der Waals surface area (Å²) in [6.45, 7) is 1.07. The van der Waals surface area contributed by atoms with Gasteiger partial charge in [0.05, 0.1) is 6.04 Å². The second-order valence-electron chi connectivity index (χ2n) is 5.31. The Labute approximate surface area is 133 Å². The van der Waals surface area contributed by atoms with Gasteiger partial charge in [-0.25, -0.2) is 0 Å². The van der Waals surface area contributed by atoms with Crippen molar-refractivity contribution in [1.82, 2.24) is 4.90 Å². The Morgan fingerprint density at radius 2 is 1.76 bits per heavy atom. The second-order valence-corrected chi connectivity index (χ2v) is 6.80. The maximum absolute atomic E-state index is 6.04. The monoisotopic (exact) mass is 314 g/mol. The first-order valence-electron chi connectivity index (χ1n) is 7.10. The van der Waals surface area contributed by atoms with E-state index >= 15 is 0 Å². The van der Waals surface area contributed by atoms with Gasteiger partial charge in [-0.15, -0.1) is 0 Å². The van der Waals surface area contributed by atoms with Crippen LogP contribution in [0.4, 0.5) is 0 Å². The number of halogens is 1. The Kier molecular flexibility index (Phi) is 3.40.